The van der Waals surface area contributed by atoms with Gasteiger partial charge in [0, 0.05) is 40.8 Å². The molecule has 3 unspecified atom stereocenters. The molecule has 0 radical (unpaired) electrons. The summed E-state index contributed by atoms with van der Waals surface area (Å²) >= 11 is 4.09. The summed E-state index contributed by atoms with van der Waals surface area (Å²) in [5.74, 6) is 2.50. The van der Waals surface area contributed by atoms with E-state index in [0.29, 0.717) is 10.5 Å². The Morgan fingerprint density at radius 1 is 1.53 bits per heavy atom. The maximum atomic E-state index is 6.35. The van der Waals surface area contributed by atoms with E-state index < -0.39 is 0 Å². The first kappa shape index (κ1) is 13.3. The Bertz CT molecular complexity index is 353. The van der Waals surface area contributed by atoms with Crippen LogP contribution in [0.25, 0.3) is 0 Å². The third-order valence-corrected chi connectivity index (χ3v) is 6.41. The van der Waals surface area contributed by atoms with Gasteiger partial charge in [0.25, 0.3) is 0 Å². The van der Waals surface area contributed by atoms with Gasteiger partial charge in [0.05, 0.1) is 6.20 Å². The fourth-order valence-corrected chi connectivity index (χ4v) is 5.08. The Hall–Kier alpha value is -0.130. The molecule has 0 bridgehead atoms. The van der Waals surface area contributed by atoms with Crippen molar-refractivity contribution in [1.82, 2.24) is 9.78 Å². The second-order valence-corrected chi connectivity index (χ2v) is 7.25. The Balaban J connectivity index is 1.93. The first-order valence-electron chi connectivity index (χ1n) is 6.20. The van der Waals surface area contributed by atoms with Crippen LogP contribution in [0, 0.1) is 0 Å². The average molecular weight is 271 g/mol. The zero-order valence-corrected chi connectivity index (χ0v) is 12.1. The van der Waals surface area contributed by atoms with Crippen molar-refractivity contribution < 1.29 is 0 Å². The van der Waals surface area contributed by atoms with Gasteiger partial charge < -0.3 is 5.73 Å². The van der Waals surface area contributed by atoms with Crippen LogP contribution in [0.5, 0.6) is 0 Å². The molecule has 3 nitrogen and oxygen atoms in total. The first-order chi connectivity index (χ1) is 8.20. The van der Waals surface area contributed by atoms with E-state index in [1.54, 1.807) is 0 Å². The number of aryl methyl sites for hydroxylation is 1. The topological polar surface area (TPSA) is 43.8 Å². The summed E-state index contributed by atoms with van der Waals surface area (Å²) in [6.45, 7) is 5.34. The zero-order chi connectivity index (χ0) is 12.3. The normalized spacial score (nSPS) is 27.0. The molecular formula is C12H21N3S2. The van der Waals surface area contributed by atoms with E-state index in [1.807, 2.05) is 22.6 Å². The number of nitrogens with two attached hydrogens (primary N) is 1. The predicted molar refractivity (Wildman–Crippen MR) is 77.7 cm³/mol. The molecule has 1 aliphatic heterocycles. The lowest BCUT2D eigenvalue weighted by atomic mass is 10.1. The monoisotopic (exact) mass is 271 g/mol. The molecule has 2 rings (SSSR count). The molecule has 1 saturated heterocycles. The molecule has 0 aliphatic carbocycles. The van der Waals surface area contributed by atoms with Gasteiger partial charge in [-0.15, -0.1) is 0 Å². The Morgan fingerprint density at radius 3 is 2.94 bits per heavy atom. The summed E-state index contributed by atoms with van der Waals surface area (Å²) in [5.41, 5.74) is 7.62. The highest BCUT2D eigenvalue weighted by atomic mass is 32.2. The van der Waals surface area contributed by atoms with Crippen molar-refractivity contribution in [2.24, 2.45) is 5.73 Å². The SMILES string of the molecule is CCn1cc(CC(N)C2SCCSC2C)cn1. The molecule has 0 aromatic carbocycles. The fraction of sp³-hybridized carbons (Fsp3) is 0.750. The van der Waals surface area contributed by atoms with Crippen molar-refractivity contribution in [3.05, 3.63) is 18.0 Å². The summed E-state index contributed by atoms with van der Waals surface area (Å²) in [4.78, 5) is 0. The van der Waals surface area contributed by atoms with Crippen molar-refractivity contribution >= 4 is 23.5 Å². The van der Waals surface area contributed by atoms with Crippen molar-refractivity contribution in [2.75, 3.05) is 11.5 Å². The van der Waals surface area contributed by atoms with E-state index >= 15 is 0 Å². The van der Waals surface area contributed by atoms with Gasteiger partial charge in [0.1, 0.15) is 0 Å². The van der Waals surface area contributed by atoms with E-state index in [0.717, 1.165) is 13.0 Å². The number of rotatable bonds is 4. The Labute approximate surface area is 112 Å². The number of hydrogen-bond acceptors (Lipinski definition) is 4. The molecule has 2 heterocycles. The lowest BCUT2D eigenvalue weighted by Gasteiger charge is -2.32. The molecule has 1 fully saturated rings. The second kappa shape index (κ2) is 6.16. The number of thioether (sulfide) groups is 2. The summed E-state index contributed by atoms with van der Waals surface area (Å²) in [5, 5.41) is 5.55. The third kappa shape index (κ3) is 3.42. The quantitative estimate of drug-likeness (QED) is 0.910. The molecule has 0 amide bonds. The highest BCUT2D eigenvalue weighted by Gasteiger charge is 2.28. The van der Waals surface area contributed by atoms with Crippen LogP contribution in [0.2, 0.25) is 0 Å². The van der Waals surface area contributed by atoms with Crippen molar-refractivity contribution in [3.63, 3.8) is 0 Å². The Morgan fingerprint density at radius 2 is 2.29 bits per heavy atom. The van der Waals surface area contributed by atoms with Crippen molar-refractivity contribution in [1.29, 1.82) is 0 Å². The summed E-state index contributed by atoms with van der Waals surface area (Å²) in [6, 6.07) is 0.248. The van der Waals surface area contributed by atoms with Crippen LogP contribution in [-0.2, 0) is 13.0 Å². The largest absolute Gasteiger partial charge is 0.326 e. The minimum atomic E-state index is 0.248. The number of nitrogens with zero attached hydrogens (tertiary/aromatic N) is 2. The van der Waals surface area contributed by atoms with E-state index in [4.69, 9.17) is 5.73 Å². The van der Waals surface area contributed by atoms with Gasteiger partial charge in [-0.25, -0.2) is 0 Å². The predicted octanol–water partition coefficient (Wildman–Crippen LogP) is 2.01. The average Bonchev–Trinajstić information content (AvgIpc) is 2.77. The molecule has 3 atom stereocenters. The summed E-state index contributed by atoms with van der Waals surface area (Å²) in [7, 11) is 0. The van der Waals surface area contributed by atoms with Gasteiger partial charge in [-0.2, -0.15) is 28.6 Å². The standard InChI is InChI=1S/C12H21N3S2/c1-3-15-8-10(7-14-15)6-11(13)12-9(2)16-4-5-17-12/h7-9,11-12H,3-6,13H2,1-2H3. The number of aromatic nitrogens is 2. The lowest BCUT2D eigenvalue weighted by molar-refractivity contribution is 0.620. The zero-order valence-electron chi connectivity index (χ0n) is 10.5. The highest BCUT2D eigenvalue weighted by molar-refractivity contribution is 8.07. The van der Waals surface area contributed by atoms with Gasteiger partial charge in [-0.3, -0.25) is 4.68 Å². The van der Waals surface area contributed by atoms with Gasteiger partial charge in [0.2, 0.25) is 0 Å². The molecule has 17 heavy (non-hydrogen) atoms. The van der Waals surface area contributed by atoms with Gasteiger partial charge in [-0.05, 0) is 18.9 Å². The van der Waals surface area contributed by atoms with Gasteiger partial charge in [-0.1, -0.05) is 6.92 Å². The van der Waals surface area contributed by atoms with E-state index in [9.17, 15) is 0 Å². The molecular weight excluding hydrogens is 250 g/mol. The van der Waals surface area contributed by atoms with Crippen LogP contribution >= 0.6 is 23.5 Å². The third-order valence-electron chi connectivity index (χ3n) is 3.14. The molecule has 0 spiro atoms. The van der Waals surface area contributed by atoms with E-state index in [1.165, 1.54) is 17.1 Å². The molecule has 5 heteroatoms. The van der Waals surface area contributed by atoms with Gasteiger partial charge in [0.15, 0.2) is 0 Å². The van der Waals surface area contributed by atoms with Gasteiger partial charge >= 0.3 is 0 Å². The van der Waals surface area contributed by atoms with Crippen molar-refractivity contribution in [2.45, 2.75) is 43.4 Å². The number of hydrogen-bond donors (Lipinski definition) is 1. The summed E-state index contributed by atoms with van der Waals surface area (Å²) in [6.07, 6.45) is 5.02. The van der Waals surface area contributed by atoms with Crippen LogP contribution in [-0.4, -0.2) is 37.8 Å². The minimum Gasteiger partial charge on any atom is -0.326 e. The van der Waals surface area contributed by atoms with Crippen LogP contribution in [0.15, 0.2) is 12.4 Å². The molecule has 1 aromatic rings. The molecule has 1 aromatic heterocycles. The van der Waals surface area contributed by atoms with Crippen LogP contribution < -0.4 is 5.73 Å². The maximum Gasteiger partial charge on any atom is 0.0522 e. The van der Waals surface area contributed by atoms with E-state index in [-0.39, 0.29) is 6.04 Å². The van der Waals surface area contributed by atoms with Crippen molar-refractivity contribution in [3.8, 4) is 0 Å². The minimum absolute atomic E-state index is 0.248. The molecule has 1 aliphatic rings. The van der Waals surface area contributed by atoms with Crippen LogP contribution in [0.1, 0.15) is 19.4 Å². The first-order valence-corrected chi connectivity index (χ1v) is 8.30. The summed E-state index contributed by atoms with van der Waals surface area (Å²) < 4.78 is 1.97. The Kier molecular flexibility index (Phi) is 4.82. The fourth-order valence-electron chi connectivity index (χ4n) is 2.19. The van der Waals surface area contributed by atoms with Crippen LogP contribution in [0.4, 0.5) is 0 Å². The second-order valence-electron chi connectivity index (χ2n) is 4.48. The maximum absolute atomic E-state index is 6.35. The lowest BCUT2D eigenvalue weighted by Crippen LogP contribution is -2.42. The highest BCUT2D eigenvalue weighted by Crippen LogP contribution is 2.33. The molecule has 96 valence electrons. The van der Waals surface area contributed by atoms with Crippen LogP contribution in [0.3, 0.4) is 0 Å². The van der Waals surface area contributed by atoms with E-state index in [2.05, 4.69) is 36.9 Å². The smallest absolute Gasteiger partial charge is 0.0522 e. The molecule has 0 saturated carbocycles. The molecule has 2 N–H and O–H groups in total.